The number of aliphatic carboxylic acids is 1. The molecule has 0 aromatic rings. The third-order valence-corrected chi connectivity index (χ3v) is 0.755. The zero-order chi connectivity index (χ0) is 10.1. The standard InChI is InChI=1S/C5H5N.C4H6O2/c1-3-5(2)4-6;1-3(2)4(5)6/h3H,1-2H2;1H2,2H3,(H,5,6). The van der Waals surface area contributed by atoms with Crippen LogP contribution in [0.25, 0.3) is 0 Å². The van der Waals surface area contributed by atoms with Crippen LogP contribution in [0.5, 0.6) is 0 Å². The molecule has 1 N–H and O–H groups in total. The average molecular weight is 165 g/mol. The number of rotatable bonds is 2. The molecule has 0 bridgehead atoms. The molecule has 0 radical (unpaired) electrons. The van der Waals surface area contributed by atoms with E-state index in [1.807, 2.05) is 0 Å². The predicted molar refractivity (Wildman–Crippen MR) is 47.4 cm³/mol. The van der Waals surface area contributed by atoms with Crippen LogP contribution in [-0.2, 0) is 4.79 Å². The van der Waals surface area contributed by atoms with Crippen LogP contribution in [0.4, 0.5) is 0 Å². The average Bonchev–Trinajstić information content (AvgIpc) is 2.04. The maximum Gasteiger partial charge on any atom is 0.330 e. The molecule has 3 heteroatoms. The third-order valence-electron chi connectivity index (χ3n) is 0.755. The fourth-order valence-electron chi connectivity index (χ4n) is 0.0456. The van der Waals surface area contributed by atoms with E-state index in [4.69, 9.17) is 10.4 Å². The summed E-state index contributed by atoms with van der Waals surface area (Å²) in [5.41, 5.74) is 0.588. The Labute approximate surface area is 71.9 Å². The van der Waals surface area contributed by atoms with E-state index in [2.05, 4.69) is 19.7 Å². The van der Waals surface area contributed by atoms with Crippen molar-refractivity contribution in [1.29, 1.82) is 5.26 Å². The van der Waals surface area contributed by atoms with Gasteiger partial charge in [0, 0.05) is 11.1 Å². The molecule has 0 aliphatic heterocycles. The largest absolute Gasteiger partial charge is 0.478 e. The van der Waals surface area contributed by atoms with Crippen molar-refractivity contribution >= 4 is 5.97 Å². The lowest BCUT2D eigenvalue weighted by Crippen LogP contribution is -1.92. The first-order valence-corrected chi connectivity index (χ1v) is 3.06. The second-order valence-corrected chi connectivity index (χ2v) is 1.93. The van der Waals surface area contributed by atoms with Gasteiger partial charge in [-0.3, -0.25) is 0 Å². The van der Waals surface area contributed by atoms with Gasteiger partial charge in [-0.25, -0.2) is 4.79 Å². The fraction of sp³-hybridized carbons (Fsp3) is 0.111. The Balaban J connectivity index is 0. The molecule has 0 saturated carbocycles. The van der Waals surface area contributed by atoms with E-state index in [-0.39, 0.29) is 5.57 Å². The fourth-order valence-corrected chi connectivity index (χ4v) is 0.0456. The molecule has 0 spiro atoms. The maximum atomic E-state index is 9.60. The van der Waals surface area contributed by atoms with Crippen LogP contribution in [-0.4, -0.2) is 11.1 Å². The van der Waals surface area contributed by atoms with Crippen LogP contribution >= 0.6 is 0 Å². The van der Waals surface area contributed by atoms with Crippen LogP contribution in [0.2, 0.25) is 0 Å². The Morgan fingerprint density at radius 3 is 1.92 bits per heavy atom. The highest BCUT2D eigenvalue weighted by Gasteiger charge is 1.90. The lowest BCUT2D eigenvalue weighted by molar-refractivity contribution is -0.132. The van der Waals surface area contributed by atoms with E-state index < -0.39 is 5.97 Å². The summed E-state index contributed by atoms with van der Waals surface area (Å²) in [6, 6.07) is 1.80. The van der Waals surface area contributed by atoms with Crippen molar-refractivity contribution in [3.63, 3.8) is 0 Å². The maximum absolute atomic E-state index is 9.60. The lowest BCUT2D eigenvalue weighted by atomic mass is 10.3. The van der Waals surface area contributed by atoms with Gasteiger partial charge in [-0.2, -0.15) is 5.26 Å². The van der Waals surface area contributed by atoms with Crippen molar-refractivity contribution < 1.29 is 9.90 Å². The SMILES string of the molecule is C=C(C)C(=O)O.C=CC(=C)C#N. The molecule has 0 saturated heterocycles. The molecule has 64 valence electrons. The number of carboxylic acids is 1. The Morgan fingerprint density at radius 1 is 1.58 bits per heavy atom. The van der Waals surface area contributed by atoms with Crippen molar-refractivity contribution in [3.8, 4) is 6.07 Å². The Kier molecular flexibility index (Phi) is 7.79. The molecular formula is C9H11NO2. The summed E-state index contributed by atoms with van der Waals surface area (Å²) in [4.78, 5) is 9.60. The van der Waals surface area contributed by atoms with Crippen molar-refractivity contribution in [2.75, 3.05) is 0 Å². The van der Waals surface area contributed by atoms with E-state index in [9.17, 15) is 4.79 Å². The molecule has 0 aromatic heterocycles. The normalized spacial score (nSPS) is 6.67. The molecule has 0 unspecified atom stereocenters. The van der Waals surface area contributed by atoms with Crippen LogP contribution in [0.3, 0.4) is 0 Å². The van der Waals surface area contributed by atoms with E-state index in [0.717, 1.165) is 0 Å². The van der Waals surface area contributed by atoms with Crippen LogP contribution < -0.4 is 0 Å². The highest BCUT2D eigenvalue weighted by Crippen LogP contribution is 1.82. The predicted octanol–water partition coefficient (Wildman–Crippen LogP) is 1.90. The van der Waals surface area contributed by atoms with Crippen molar-refractivity contribution in [3.05, 3.63) is 37.0 Å². The number of carboxylic acid groups (broad SMARTS) is 1. The number of carbonyl (C=O) groups is 1. The molecule has 0 aliphatic rings. The van der Waals surface area contributed by atoms with Crippen LogP contribution in [0.15, 0.2) is 37.0 Å². The highest BCUT2D eigenvalue weighted by atomic mass is 16.4. The molecule has 0 atom stereocenters. The second kappa shape index (κ2) is 7.29. The third kappa shape index (κ3) is 11.0. The van der Waals surface area contributed by atoms with Gasteiger partial charge < -0.3 is 5.11 Å². The van der Waals surface area contributed by atoms with E-state index in [0.29, 0.717) is 5.57 Å². The summed E-state index contributed by atoms with van der Waals surface area (Å²) in [5.74, 6) is -0.935. The first-order chi connectivity index (χ1) is 5.45. The number of nitriles is 1. The molecule has 0 fully saturated rings. The summed E-state index contributed by atoms with van der Waals surface area (Å²) >= 11 is 0. The first kappa shape index (κ1) is 12.8. The lowest BCUT2D eigenvalue weighted by Gasteiger charge is -1.79. The summed E-state index contributed by atoms with van der Waals surface area (Å²) < 4.78 is 0. The van der Waals surface area contributed by atoms with Gasteiger partial charge in [-0.05, 0) is 6.92 Å². The number of hydrogen-bond donors (Lipinski definition) is 1. The first-order valence-electron chi connectivity index (χ1n) is 3.06. The van der Waals surface area contributed by atoms with Crippen molar-refractivity contribution in [2.24, 2.45) is 0 Å². The van der Waals surface area contributed by atoms with Crippen LogP contribution in [0.1, 0.15) is 6.92 Å². The molecule has 0 aromatic carbocycles. The Bertz CT molecular complexity index is 234. The summed E-state index contributed by atoms with van der Waals surface area (Å²) in [5, 5.41) is 15.8. The minimum atomic E-state index is -0.935. The van der Waals surface area contributed by atoms with Crippen LogP contribution in [0, 0.1) is 11.3 Å². The van der Waals surface area contributed by atoms with Gasteiger partial charge in [0.15, 0.2) is 0 Å². The molecule has 0 amide bonds. The van der Waals surface area contributed by atoms with E-state index in [1.165, 1.54) is 13.0 Å². The number of allylic oxidation sites excluding steroid dienone is 2. The second-order valence-electron chi connectivity index (χ2n) is 1.93. The number of nitrogens with zero attached hydrogens (tertiary/aromatic N) is 1. The Hall–Kier alpha value is -1.82. The van der Waals surface area contributed by atoms with Gasteiger partial charge in [0.05, 0.1) is 6.07 Å². The Morgan fingerprint density at radius 2 is 1.92 bits per heavy atom. The topological polar surface area (TPSA) is 61.1 Å². The molecule has 12 heavy (non-hydrogen) atoms. The molecule has 0 rings (SSSR count). The van der Waals surface area contributed by atoms with Gasteiger partial charge in [-0.1, -0.05) is 25.8 Å². The summed E-state index contributed by atoms with van der Waals surface area (Å²) in [6.07, 6.45) is 1.42. The van der Waals surface area contributed by atoms with E-state index >= 15 is 0 Å². The monoisotopic (exact) mass is 165 g/mol. The molecule has 0 heterocycles. The smallest absolute Gasteiger partial charge is 0.330 e. The van der Waals surface area contributed by atoms with Gasteiger partial charge in [0.25, 0.3) is 0 Å². The summed E-state index contributed by atoms with van der Waals surface area (Å²) in [7, 11) is 0. The summed E-state index contributed by atoms with van der Waals surface area (Å²) in [6.45, 7) is 11.2. The minimum Gasteiger partial charge on any atom is -0.478 e. The minimum absolute atomic E-state index is 0.176. The molecule has 3 nitrogen and oxygen atoms in total. The van der Waals surface area contributed by atoms with Gasteiger partial charge in [0.1, 0.15) is 0 Å². The molecule has 0 aliphatic carbocycles. The molecular weight excluding hydrogens is 154 g/mol. The van der Waals surface area contributed by atoms with E-state index in [1.54, 1.807) is 6.07 Å². The highest BCUT2D eigenvalue weighted by molar-refractivity contribution is 5.84. The zero-order valence-corrected chi connectivity index (χ0v) is 7.00. The van der Waals surface area contributed by atoms with Crippen molar-refractivity contribution in [1.82, 2.24) is 0 Å². The number of hydrogen-bond acceptors (Lipinski definition) is 2. The van der Waals surface area contributed by atoms with Gasteiger partial charge in [0.2, 0.25) is 0 Å². The quantitative estimate of drug-likeness (QED) is 0.386. The van der Waals surface area contributed by atoms with Crippen molar-refractivity contribution in [2.45, 2.75) is 6.92 Å². The van der Waals surface area contributed by atoms with Gasteiger partial charge >= 0.3 is 5.97 Å². The van der Waals surface area contributed by atoms with Gasteiger partial charge in [-0.15, -0.1) is 0 Å². The zero-order valence-electron chi connectivity index (χ0n) is 7.00.